The Morgan fingerprint density at radius 3 is 2.41 bits per heavy atom. The van der Waals surface area contributed by atoms with E-state index in [0.717, 1.165) is 17.5 Å². The van der Waals surface area contributed by atoms with E-state index in [1.165, 1.54) is 5.56 Å². The predicted molar refractivity (Wildman–Crippen MR) is 88.6 cm³/mol. The average Bonchev–Trinajstić information content (AvgIpc) is 2.57. The summed E-state index contributed by atoms with van der Waals surface area (Å²) in [5.74, 6) is 0. The molecule has 2 nitrogen and oxygen atoms in total. The van der Waals surface area contributed by atoms with Crippen LogP contribution in [0.3, 0.4) is 0 Å². The Hall–Kier alpha value is -3.10. The van der Waals surface area contributed by atoms with Crippen molar-refractivity contribution in [3.05, 3.63) is 89.5 Å². The van der Waals surface area contributed by atoms with Gasteiger partial charge in [0.05, 0.1) is 24.1 Å². The van der Waals surface area contributed by atoms with Crippen molar-refractivity contribution in [1.82, 2.24) is 0 Å². The predicted octanol–water partition coefficient (Wildman–Crippen LogP) is 4.46. The molecule has 0 spiro atoms. The van der Waals surface area contributed by atoms with E-state index < -0.39 is 0 Å². The Kier molecular flexibility index (Phi) is 5.73. The first kappa shape index (κ1) is 15.3. The van der Waals surface area contributed by atoms with Gasteiger partial charge in [-0.05, 0) is 29.2 Å². The molecule has 2 aromatic carbocycles. The molecule has 0 radical (unpaired) electrons. The maximum atomic E-state index is 9.35. The Morgan fingerprint density at radius 1 is 0.955 bits per heavy atom. The number of allylic oxidation sites excluding steroid dienone is 4. The van der Waals surface area contributed by atoms with Crippen LogP contribution in [0, 0.1) is 22.7 Å². The first-order chi connectivity index (χ1) is 10.8. The molecule has 0 atom stereocenters. The first-order valence-electron chi connectivity index (χ1n) is 7.11. The smallest absolute Gasteiger partial charge is 0.0998 e. The van der Waals surface area contributed by atoms with Gasteiger partial charge in [-0.1, -0.05) is 66.7 Å². The molecule has 0 aliphatic carbocycles. The molecule has 2 rings (SSSR count). The normalized spacial score (nSPS) is 11.1. The zero-order chi connectivity index (χ0) is 15.6. The van der Waals surface area contributed by atoms with Crippen molar-refractivity contribution in [3.8, 4) is 12.1 Å². The second-order valence-electron chi connectivity index (χ2n) is 4.80. The fourth-order valence-electron chi connectivity index (χ4n) is 2.19. The highest BCUT2D eigenvalue weighted by Gasteiger charge is 2.05. The highest BCUT2D eigenvalue weighted by molar-refractivity contribution is 5.79. The van der Waals surface area contributed by atoms with Gasteiger partial charge in [0, 0.05) is 0 Å². The third-order valence-corrected chi connectivity index (χ3v) is 3.29. The Balaban J connectivity index is 2.15. The van der Waals surface area contributed by atoms with E-state index >= 15 is 0 Å². The van der Waals surface area contributed by atoms with E-state index in [4.69, 9.17) is 5.26 Å². The molecular formula is C20H16N2. The number of rotatable bonds is 5. The molecule has 0 saturated heterocycles. The summed E-state index contributed by atoms with van der Waals surface area (Å²) in [6.45, 7) is 0. The topological polar surface area (TPSA) is 47.6 Å². The van der Waals surface area contributed by atoms with Crippen molar-refractivity contribution in [2.45, 2.75) is 12.8 Å². The lowest BCUT2D eigenvalue weighted by atomic mass is 9.98. The van der Waals surface area contributed by atoms with Crippen LogP contribution in [0.15, 0.2) is 72.8 Å². The van der Waals surface area contributed by atoms with E-state index in [1.54, 1.807) is 6.08 Å². The summed E-state index contributed by atoms with van der Waals surface area (Å²) >= 11 is 0. The standard InChI is InChI=1S/C20H16N2/c21-15-14-18-11-6-7-13-20(18)19(16-22)12-5-4-10-17-8-2-1-3-9-17/h1-9,11-13H,10,14H2/b5-4+,19-12+. The molecule has 2 heteroatoms. The number of nitriles is 2. The highest BCUT2D eigenvalue weighted by Crippen LogP contribution is 2.19. The fraction of sp³-hybridized carbons (Fsp3) is 0.100. The first-order valence-corrected chi connectivity index (χ1v) is 7.11. The molecule has 0 unspecified atom stereocenters. The zero-order valence-electron chi connectivity index (χ0n) is 12.2. The summed E-state index contributed by atoms with van der Waals surface area (Å²) in [4.78, 5) is 0. The van der Waals surface area contributed by atoms with Crippen LogP contribution in [0.25, 0.3) is 5.57 Å². The summed E-state index contributed by atoms with van der Waals surface area (Å²) in [5, 5.41) is 18.2. The van der Waals surface area contributed by atoms with Crippen LogP contribution in [0.5, 0.6) is 0 Å². The van der Waals surface area contributed by atoms with Crippen molar-refractivity contribution in [1.29, 1.82) is 10.5 Å². The van der Waals surface area contributed by atoms with Crippen LogP contribution in [0.1, 0.15) is 16.7 Å². The lowest BCUT2D eigenvalue weighted by Crippen LogP contribution is -1.91. The van der Waals surface area contributed by atoms with Crippen LogP contribution in [0.2, 0.25) is 0 Å². The zero-order valence-corrected chi connectivity index (χ0v) is 12.2. The van der Waals surface area contributed by atoms with Gasteiger partial charge in [-0.2, -0.15) is 10.5 Å². The molecule has 0 N–H and O–H groups in total. The van der Waals surface area contributed by atoms with Crippen LogP contribution in [-0.4, -0.2) is 0 Å². The molecule has 2 aromatic rings. The number of benzene rings is 2. The molecule has 0 saturated carbocycles. The van der Waals surface area contributed by atoms with Gasteiger partial charge in [-0.15, -0.1) is 0 Å². The largest absolute Gasteiger partial charge is 0.198 e. The third-order valence-electron chi connectivity index (χ3n) is 3.29. The second-order valence-corrected chi connectivity index (χ2v) is 4.80. The molecule has 0 aliphatic heterocycles. The van der Waals surface area contributed by atoms with Gasteiger partial charge in [-0.3, -0.25) is 0 Å². The van der Waals surface area contributed by atoms with Gasteiger partial charge in [0.15, 0.2) is 0 Å². The lowest BCUT2D eigenvalue weighted by molar-refractivity contribution is 1.25. The van der Waals surface area contributed by atoms with E-state index in [2.05, 4.69) is 24.3 Å². The van der Waals surface area contributed by atoms with E-state index in [1.807, 2.05) is 54.6 Å². The van der Waals surface area contributed by atoms with Gasteiger partial charge < -0.3 is 0 Å². The Labute approximate surface area is 131 Å². The van der Waals surface area contributed by atoms with E-state index in [-0.39, 0.29) is 0 Å². The number of hydrogen-bond acceptors (Lipinski definition) is 2. The highest BCUT2D eigenvalue weighted by atomic mass is 14.3. The van der Waals surface area contributed by atoms with Crippen molar-refractivity contribution in [3.63, 3.8) is 0 Å². The second kappa shape index (κ2) is 8.25. The summed E-state index contributed by atoms with van der Waals surface area (Å²) in [6.07, 6.45) is 6.87. The lowest BCUT2D eigenvalue weighted by Gasteiger charge is -2.04. The molecular weight excluding hydrogens is 268 g/mol. The monoisotopic (exact) mass is 284 g/mol. The van der Waals surface area contributed by atoms with Crippen LogP contribution in [-0.2, 0) is 12.8 Å². The molecule has 0 aliphatic rings. The molecule has 106 valence electrons. The third kappa shape index (κ3) is 4.20. The molecule has 0 heterocycles. The minimum Gasteiger partial charge on any atom is -0.198 e. The van der Waals surface area contributed by atoms with E-state index in [0.29, 0.717) is 12.0 Å². The quantitative estimate of drug-likeness (QED) is 0.601. The maximum absolute atomic E-state index is 9.35. The van der Waals surface area contributed by atoms with E-state index in [9.17, 15) is 5.26 Å². The van der Waals surface area contributed by atoms with Gasteiger partial charge in [0.25, 0.3) is 0 Å². The van der Waals surface area contributed by atoms with Crippen molar-refractivity contribution < 1.29 is 0 Å². The minimum absolute atomic E-state index is 0.308. The molecule has 22 heavy (non-hydrogen) atoms. The molecule has 0 bridgehead atoms. The Morgan fingerprint density at radius 2 is 1.68 bits per heavy atom. The maximum Gasteiger partial charge on any atom is 0.0998 e. The summed E-state index contributed by atoms with van der Waals surface area (Å²) in [5.41, 5.74) is 3.52. The minimum atomic E-state index is 0.308. The summed E-state index contributed by atoms with van der Waals surface area (Å²) in [6, 6.07) is 22.0. The van der Waals surface area contributed by atoms with Gasteiger partial charge in [-0.25, -0.2) is 0 Å². The van der Waals surface area contributed by atoms with Gasteiger partial charge in [0.2, 0.25) is 0 Å². The number of nitrogens with zero attached hydrogens (tertiary/aromatic N) is 2. The Bertz CT molecular complexity index is 756. The average molecular weight is 284 g/mol. The van der Waals surface area contributed by atoms with Gasteiger partial charge >= 0.3 is 0 Å². The van der Waals surface area contributed by atoms with Gasteiger partial charge in [0.1, 0.15) is 0 Å². The van der Waals surface area contributed by atoms with Crippen LogP contribution < -0.4 is 0 Å². The van der Waals surface area contributed by atoms with Crippen molar-refractivity contribution in [2.24, 2.45) is 0 Å². The summed E-state index contributed by atoms with van der Waals surface area (Å²) < 4.78 is 0. The summed E-state index contributed by atoms with van der Waals surface area (Å²) in [7, 11) is 0. The van der Waals surface area contributed by atoms with Crippen molar-refractivity contribution in [2.75, 3.05) is 0 Å². The molecule has 0 fully saturated rings. The molecule has 0 amide bonds. The van der Waals surface area contributed by atoms with Crippen molar-refractivity contribution >= 4 is 5.57 Å². The number of hydrogen-bond donors (Lipinski definition) is 0. The SMILES string of the molecule is N#CCc1ccccc1/C(C#N)=C/C=C/Cc1ccccc1. The van der Waals surface area contributed by atoms with Crippen LogP contribution >= 0.6 is 0 Å². The molecule has 0 aromatic heterocycles. The fourth-order valence-corrected chi connectivity index (χ4v) is 2.19. The van der Waals surface area contributed by atoms with Crippen LogP contribution in [0.4, 0.5) is 0 Å².